The van der Waals surface area contributed by atoms with Crippen molar-refractivity contribution in [3.63, 3.8) is 0 Å². The number of rotatable bonds is 7. The van der Waals surface area contributed by atoms with Gasteiger partial charge in [0.25, 0.3) is 0 Å². The van der Waals surface area contributed by atoms with Crippen molar-refractivity contribution < 1.29 is 28.5 Å². The molecule has 0 unspecified atom stereocenters. The van der Waals surface area contributed by atoms with E-state index in [0.717, 1.165) is 22.4 Å². The number of para-hydroxylation sites is 1. The summed E-state index contributed by atoms with van der Waals surface area (Å²) in [6.45, 7) is 2.21. The Bertz CT molecular complexity index is 1190. The van der Waals surface area contributed by atoms with Crippen LogP contribution in [-0.2, 0) is 6.61 Å². The van der Waals surface area contributed by atoms with Crippen LogP contribution in [0, 0.1) is 6.92 Å². The van der Waals surface area contributed by atoms with Gasteiger partial charge in [-0.1, -0.05) is 24.3 Å². The Morgan fingerprint density at radius 2 is 1.62 bits per heavy atom. The van der Waals surface area contributed by atoms with Crippen molar-refractivity contribution in [1.82, 2.24) is 0 Å². The molecule has 0 saturated heterocycles. The Labute approximate surface area is 186 Å². The molecular weight excluding hydrogens is 408 g/mol. The molecule has 0 aromatic heterocycles. The summed E-state index contributed by atoms with van der Waals surface area (Å²) in [4.78, 5) is 13.0. The summed E-state index contributed by atoms with van der Waals surface area (Å²) in [5, 5.41) is 0. The molecule has 4 rings (SSSR count). The highest BCUT2D eigenvalue weighted by Gasteiger charge is 2.30. The van der Waals surface area contributed by atoms with E-state index in [-0.39, 0.29) is 11.5 Å². The molecule has 0 atom stereocenters. The van der Waals surface area contributed by atoms with Crippen molar-refractivity contribution in [2.24, 2.45) is 0 Å². The Morgan fingerprint density at radius 3 is 2.38 bits per heavy atom. The number of allylic oxidation sites excluding steroid dienone is 1. The third-order valence-electron chi connectivity index (χ3n) is 5.24. The van der Waals surface area contributed by atoms with Crippen molar-refractivity contribution in [2.45, 2.75) is 13.5 Å². The van der Waals surface area contributed by atoms with Crippen LogP contribution in [0.5, 0.6) is 28.7 Å². The first-order valence-corrected chi connectivity index (χ1v) is 10.1. The maximum atomic E-state index is 13.0. The minimum Gasteiger partial charge on any atom is -0.496 e. The second kappa shape index (κ2) is 9.06. The number of hydrogen-bond acceptors (Lipinski definition) is 6. The van der Waals surface area contributed by atoms with E-state index in [2.05, 4.69) is 0 Å². The fourth-order valence-corrected chi connectivity index (χ4v) is 3.64. The van der Waals surface area contributed by atoms with Gasteiger partial charge in [-0.05, 0) is 48.4 Å². The van der Waals surface area contributed by atoms with Crippen LogP contribution in [-0.4, -0.2) is 27.1 Å². The van der Waals surface area contributed by atoms with E-state index in [1.165, 1.54) is 0 Å². The fraction of sp³-hybridized carbons (Fsp3) is 0.192. The topological polar surface area (TPSA) is 63.2 Å². The molecule has 3 aromatic carbocycles. The number of hydrogen-bond donors (Lipinski definition) is 0. The van der Waals surface area contributed by atoms with Gasteiger partial charge in [-0.15, -0.1) is 0 Å². The molecule has 6 nitrogen and oxygen atoms in total. The average molecular weight is 432 g/mol. The molecule has 32 heavy (non-hydrogen) atoms. The number of methoxy groups -OCH3 is 3. The largest absolute Gasteiger partial charge is 0.496 e. The molecule has 1 aliphatic heterocycles. The number of Topliss-reactive ketones (excluding diaryl/α,β-unsaturated/α-hetero) is 1. The molecule has 0 N–H and O–H groups in total. The summed E-state index contributed by atoms with van der Waals surface area (Å²) < 4.78 is 27.8. The standard InChI is InChI=1S/C26H24O6/c1-16-11-19(31-15-18-7-5-6-8-20(18)28-2)14-23-25(16)26(27)24(32-23)13-17-9-10-21(29-3)22(12-17)30-4/h5-14H,15H2,1-4H3/b24-13-. The summed E-state index contributed by atoms with van der Waals surface area (Å²) >= 11 is 0. The van der Waals surface area contributed by atoms with Crippen LogP contribution >= 0.6 is 0 Å². The van der Waals surface area contributed by atoms with Crippen molar-refractivity contribution in [3.05, 3.63) is 82.6 Å². The number of fused-ring (bicyclic) bond motifs is 1. The first-order valence-electron chi connectivity index (χ1n) is 10.1. The summed E-state index contributed by atoms with van der Waals surface area (Å²) in [5.41, 5.74) is 3.03. The van der Waals surface area contributed by atoms with Crippen molar-refractivity contribution in [2.75, 3.05) is 21.3 Å². The van der Waals surface area contributed by atoms with Crippen molar-refractivity contribution in [1.29, 1.82) is 0 Å². The van der Waals surface area contributed by atoms with Crippen LogP contribution in [0.2, 0.25) is 0 Å². The molecule has 0 radical (unpaired) electrons. The molecule has 0 bridgehead atoms. The predicted octanol–water partition coefficient (Wildman–Crippen LogP) is 5.22. The minimum atomic E-state index is -0.163. The van der Waals surface area contributed by atoms with Gasteiger partial charge >= 0.3 is 0 Å². The van der Waals surface area contributed by atoms with E-state index < -0.39 is 0 Å². The maximum absolute atomic E-state index is 13.0. The molecule has 0 spiro atoms. The number of benzene rings is 3. The quantitative estimate of drug-likeness (QED) is 0.477. The molecule has 6 heteroatoms. The number of carbonyl (C=O) groups is 1. The third-order valence-corrected chi connectivity index (χ3v) is 5.24. The Hall–Kier alpha value is -3.93. The third kappa shape index (κ3) is 4.12. The van der Waals surface area contributed by atoms with Crippen LogP contribution in [0.4, 0.5) is 0 Å². The van der Waals surface area contributed by atoms with E-state index in [1.54, 1.807) is 45.6 Å². The zero-order valence-corrected chi connectivity index (χ0v) is 18.4. The Balaban J connectivity index is 1.57. The maximum Gasteiger partial charge on any atom is 0.232 e. The van der Waals surface area contributed by atoms with Crippen molar-refractivity contribution >= 4 is 11.9 Å². The van der Waals surface area contributed by atoms with Crippen LogP contribution in [0.25, 0.3) is 6.08 Å². The Kier molecular flexibility index (Phi) is 6.03. The summed E-state index contributed by atoms with van der Waals surface area (Å²) in [7, 11) is 4.77. The molecule has 1 aliphatic rings. The summed E-state index contributed by atoms with van der Waals surface area (Å²) in [5.74, 6) is 3.14. The number of ether oxygens (including phenoxy) is 5. The number of aryl methyl sites for hydroxylation is 1. The first kappa shape index (κ1) is 21.3. The van der Waals surface area contributed by atoms with Crippen LogP contribution in [0.15, 0.2) is 60.4 Å². The Morgan fingerprint density at radius 1 is 0.875 bits per heavy atom. The summed E-state index contributed by atoms with van der Waals surface area (Å²) in [6.07, 6.45) is 1.69. The molecule has 0 saturated carbocycles. The SMILES string of the molecule is COc1ccccc1COc1cc(C)c2c(c1)O/C(=C\c1ccc(OC)c(OC)c1)C2=O. The van der Waals surface area contributed by atoms with E-state index >= 15 is 0 Å². The van der Waals surface area contributed by atoms with Crippen LogP contribution < -0.4 is 23.7 Å². The highest BCUT2D eigenvalue weighted by molar-refractivity contribution is 6.15. The lowest BCUT2D eigenvalue weighted by atomic mass is 10.0. The molecule has 0 amide bonds. The van der Waals surface area contributed by atoms with Gasteiger partial charge < -0.3 is 23.7 Å². The highest BCUT2D eigenvalue weighted by Crippen LogP contribution is 2.38. The van der Waals surface area contributed by atoms with E-state index in [1.807, 2.05) is 43.3 Å². The predicted molar refractivity (Wildman–Crippen MR) is 121 cm³/mol. The lowest BCUT2D eigenvalue weighted by molar-refractivity contribution is 0.101. The highest BCUT2D eigenvalue weighted by atomic mass is 16.5. The van der Waals surface area contributed by atoms with Gasteiger partial charge in [-0.25, -0.2) is 0 Å². The minimum absolute atomic E-state index is 0.163. The van der Waals surface area contributed by atoms with Gasteiger partial charge in [-0.2, -0.15) is 0 Å². The van der Waals surface area contributed by atoms with Gasteiger partial charge in [0.05, 0.1) is 26.9 Å². The number of ketones is 1. The molecule has 0 aliphatic carbocycles. The lowest BCUT2D eigenvalue weighted by Gasteiger charge is -2.11. The smallest absolute Gasteiger partial charge is 0.232 e. The monoisotopic (exact) mass is 432 g/mol. The van der Waals surface area contributed by atoms with Gasteiger partial charge in [0.15, 0.2) is 17.3 Å². The zero-order valence-electron chi connectivity index (χ0n) is 18.4. The number of carbonyl (C=O) groups excluding carboxylic acids is 1. The molecule has 164 valence electrons. The van der Waals surface area contributed by atoms with Crippen molar-refractivity contribution in [3.8, 4) is 28.7 Å². The fourth-order valence-electron chi connectivity index (χ4n) is 3.64. The normalized spacial score (nSPS) is 13.5. The second-order valence-electron chi connectivity index (χ2n) is 7.27. The molecule has 0 fully saturated rings. The van der Waals surface area contributed by atoms with Gasteiger partial charge in [0.2, 0.25) is 5.78 Å². The first-order chi connectivity index (χ1) is 15.5. The molecule has 3 aromatic rings. The van der Waals surface area contributed by atoms with Crippen LogP contribution in [0.1, 0.15) is 27.0 Å². The van der Waals surface area contributed by atoms with Crippen LogP contribution in [0.3, 0.4) is 0 Å². The lowest BCUT2D eigenvalue weighted by Crippen LogP contribution is -2.01. The zero-order chi connectivity index (χ0) is 22.7. The second-order valence-corrected chi connectivity index (χ2v) is 7.27. The van der Waals surface area contributed by atoms with E-state index in [0.29, 0.717) is 35.2 Å². The van der Waals surface area contributed by atoms with Gasteiger partial charge in [0.1, 0.15) is 23.9 Å². The molecular formula is C26H24O6. The van der Waals surface area contributed by atoms with Gasteiger partial charge in [-0.3, -0.25) is 4.79 Å². The van der Waals surface area contributed by atoms with Gasteiger partial charge in [0, 0.05) is 11.6 Å². The van der Waals surface area contributed by atoms with E-state index in [9.17, 15) is 4.79 Å². The molecule has 1 heterocycles. The van der Waals surface area contributed by atoms with E-state index in [4.69, 9.17) is 23.7 Å². The summed E-state index contributed by atoms with van der Waals surface area (Å²) in [6, 6.07) is 16.7. The average Bonchev–Trinajstić information content (AvgIpc) is 3.13.